The second kappa shape index (κ2) is 8.47. The Morgan fingerprint density at radius 3 is 2.90 bits per heavy atom. The Labute approximate surface area is 177 Å². The van der Waals surface area contributed by atoms with Gasteiger partial charge in [0.1, 0.15) is 16.5 Å². The van der Waals surface area contributed by atoms with Gasteiger partial charge in [-0.25, -0.2) is 9.37 Å². The number of nitrogens with two attached hydrogens (primary N) is 1. The van der Waals surface area contributed by atoms with E-state index in [-0.39, 0.29) is 23.5 Å². The predicted octanol–water partition coefficient (Wildman–Crippen LogP) is 2.74. The summed E-state index contributed by atoms with van der Waals surface area (Å²) in [7, 11) is 0. The van der Waals surface area contributed by atoms with Crippen molar-refractivity contribution in [2.45, 2.75) is 19.1 Å². The van der Waals surface area contributed by atoms with Gasteiger partial charge in [-0.05, 0) is 18.2 Å². The van der Waals surface area contributed by atoms with Gasteiger partial charge < -0.3 is 21.1 Å². The molecule has 1 saturated heterocycles. The Kier molecular flexibility index (Phi) is 5.76. The van der Waals surface area contributed by atoms with Crippen LogP contribution in [-0.4, -0.2) is 46.2 Å². The third-order valence-electron chi connectivity index (χ3n) is 5.19. The van der Waals surface area contributed by atoms with Crippen molar-refractivity contribution < 1.29 is 14.3 Å². The third kappa shape index (κ3) is 4.04. The van der Waals surface area contributed by atoms with Crippen molar-refractivity contribution in [1.29, 1.82) is 0 Å². The molecule has 0 saturated carbocycles. The van der Waals surface area contributed by atoms with E-state index in [9.17, 15) is 14.3 Å². The number of carbonyl (C=O) groups excluding carboxylic acids is 1. The molecule has 3 atom stereocenters. The molecule has 0 bridgehead atoms. The molecule has 1 fully saturated rings. The molecule has 156 valence electrons. The van der Waals surface area contributed by atoms with Crippen LogP contribution in [0.15, 0.2) is 48.1 Å². The van der Waals surface area contributed by atoms with Crippen LogP contribution < -0.4 is 16.0 Å². The summed E-state index contributed by atoms with van der Waals surface area (Å²) < 4.78 is 14.0. The van der Waals surface area contributed by atoms with E-state index in [2.05, 4.69) is 15.3 Å². The van der Waals surface area contributed by atoms with E-state index < -0.39 is 12.0 Å². The van der Waals surface area contributed by atoms with Crippen LogP contribution in [0.3, 0.4) is 0 Å². The number of nitrogens with one attached hydrogen (secondary N) is 1. The summed E-state index contributed by atoms with van der Waals surface area (Å²) in [5, 5.41) is 15.0. The molecule has 4 rings (SSSR count). The van der Waals surface area contributed by atoms with Crippen molar-refractivity contribution in [1.82, 2.24) is 9.97 Å². The van der Waals surface area contributed by atoms with Crippen LogP contribution in [0.4, 0.5) is 15.8 Å². The zero-order chi connectivity index (χ0) is 21.3. The number of rotatable bonds is 4. The molecular weight excluding hydrogens is 405 g/mol. The SMILES string of the molecule is C[C@H]1CN(c2ccncc2NC(=O)c2csc(-c3ccccc3F)n2)C[C@@H](N)[C@@H]1O. The number of halogens is 1. The minimum absolute atomic E-state index is 0.00710. The Balaban J connectivity index is 1.54. The number of piperidine rings is 1. The van der Waals surface area contributed by atoms with E-state index in [1.54, 1.807) is 42.0 Å². The highest BCUT2D eigenvalue weighted by molar-refractivity contribution is 7.13. The maximum Gasteiger partial charge on any atom is 0.275 e. The predicted molar refractivity (Wildman–Crippen MR) is 115 cm³/mol. The summed E-state index contributed by atoms with van der Waals surface area (Å²) >= 11 is 1.21. The van der Waals surface area contributed by atoms with Crippen molar-refractivity contribution in [2.24, 2.45) is 11.7 Å². The van der Waals surface area contributed by atoms with E-state index >= 15 is 0 Å². The Morgan fingerprint density at radius 1 is 1.33 bits per heavy atom. The fraction of sp³-hybridized carbons (Fsp3) is 0.286. The molecule has 0 radical (unpaired) electrons. The Bertz CT molecular complexity index is 1050. The van der Waals surface area contributed by atoms with Gasteiger partial charge in [0.05, 0.1) is 23.7 Å². The Hall–Kier alpha value is -2.88. The number of anilines is 2. The average molecular weight is 428 g/mol. The summed E-state index contributed by atoms with van der Waals surface area (Å²) in [6, 6.07) is 7.74. The lowest BCUT2D eigenvalue weighted by Crippen LogP contribution is -2.55. The van der Waals surface area contributed by atoms with E-state index in [1.165, 1.54) is 17.4 Å². The van der Waals surface area contributed by atoms with Crippen LogP contribution in [0.2, 0.25) is 0 Å². The van der Waals surface area contributed by atoms with Crippen LogP contribution >= 0.6 is 11.3 Å². The molecule has 0 unspecified atom stereocenters. The first-order valence-electron chi connectivity index (χ1n) is 9.58. The highest BCUT2D eigenvalue weighted by atomic mass is 32.1. The van der Waals surface area contributed by atoms with Crippen molar-refractivity contribution >= 4 is 28.6 Å². The summed E-state index contributed by atoms with van der Waals surface area (Å²) in [5.74, 6) is -0.795. The Morgan fingerprint density at radius 2 is 2.13 bits per heavy atom. The van der Waals surface area contributed by atoms with Gasteiger partial charge in [-0.2, -0.15) is 0 Å². The minimum Gasteiger partial charge on any atom is -0.391 e. The van der Waals surface area contributed by atoms with Gasteiger partial charge in [-0.3, -0.25) is 9.78 Å². The second-order valence-corrected chi connectivity index (χ2v) is 8.26. The molecular formula is C21H22FN5O2S. The van der Waals surface area contributed by atoms with Gasteiger partial charge >= 0.3 is 0 Å². The molecule has 1 aliphatic rings. The lowest BCUT2D eigenvalue weighted by atomic mass is 9.92. The lowest BCUT2D eigenvalue weighted by Gasteiger charge is -2.40. The van der Waals surface area contributed by atoms with Crippen molar-refractivity contribution in [3.63, 3.8) is 0 Å². The monoisotopic (exact) mass is 427 g/mol. The van der Waals surface area contributed by atoms with Gasteiger partial charge in [0.25, 0.3) is 5.91 Å². The molecule has 1 aromatic carbocycles. The maximum atomic E-state index is 14.0. The zero-order valence-electron chi connectivity index (χ0n) is 16.3. The molecule has 9 heteroatoms. The number of thiazole rings is 1. The van der Waals surface area contributed by atoms with Gasteiger partial charge in [0.2, 0.25) is 0 Å². The van der Waals surface area contributed by atoms with Crippen LogP contribution in [0.25, 0.3) is 10.6 Å². The molecule has 1 aliphatic heterocycles. The first kappa shape index (κ1) is 20.4. The van der Waals surface area contributed by atoms with Crippen LogP contribution in [-0.2, 0) is 0 Å². The highest BCUT2D eigenvalue weighted by Crippen LogP contribution is 2.30. The van der Waals surface area contributed by atoms with E-state index in [1.807, 2.05) is 11.8 Å². The molecule has 30 heavy (non-hydrogen) atoms. The lowest BCUT2D eigenvalue weighted by molar-refractivity contribution is 0.0785. The van der Waals surface area contributed by atoms with Crippen LogP contribution in [0.1, 0.15) is 17.4 Å². The maximum absolute atomic E-state index is 14.0. The van der Waals surface area contributed by atoms with E-state index in [4.69, 9.17) is 5.73 Å². The van der Waals surface area contributed by atoms with E-state index in [0.717, 1.165) is 5.69 Å². The number of nitrogens with zero attached hydrogens (tertiary/aromatic N) is 3. The molecule has 4 N–H and O–H groups in total. The number of aromatic nitrogens is 2. The fourth-order valence-corrected chi connectivity index (χ4v) is 4.42. The van der Waals surface area contributed by atoms with Crippen molar-refractivity contribution in [3.8, 4) is 10.6 Å². The van der Waals surface area contributed by atoms with E-state index in [0.29, 0.717) is 29.3 Å². The van der Waals surface area contributed by atoms with Crippen molar-refractivity contribution in [3.05, 3.63) is 59.6 Å². The quantitative estimate of drug-likeness (QED) is 0.591. The largest absolute Gasteiger partial charge is 0.391 e. The standard InChI is InChI=1S/C21H22FN5O2S/c1-12-9-27(10-15(23)19(12)28)18-6-7-24-8-16(18)25-20(29)17-11-30-21(26-17)13-4-2-3-5-14(13)22/h2-8,11-12,15,19,28H,9-10,23H2,1H3,(H,25,29)/t12-,15+,19+/m0/s1. The zero-order valence-corrected chi connectivity index (χ0v) is 17.1. The number of pyridine rings is 1. The number of benzene rings is 1. The fourth-order valence-electron chi connectivity index (χ4n) is 3.59. The van der Waals surface area contributed by atoms with Gasteiger partial charge in [0.15, 0.2) is 0 Å². The van der Waals surface area contributed by atoms with Gasteiger partial charge in [0, 0.05) is 42.2 Å². The number of hydrogen-bond donors (Lipinski definition) is 3. The summed E-state index contributed by atoms with van der Waals surface area (Å²) in [6.45, 7) is 3.01. The molecule has 0 spiro atoms. The summed E-state index contributed by atoms with van der Waals surface area (Å²) in [5.41, 5.74) is 7.94. The normalized spacial score (nSPS) is 21.5. The van der Waals surface area contributed by atoms with Gasteiger partial charge in [-0.1, -0.05) is 19.1 Å². The molecule has 3 aromatic rings. The smallest absolute Gasteiger partial charge is 0.275 e. The van der Waals surface area contributed by atoms with Crippen LogP contribution in [0, 0.1) is 11.7 Å². The number of aliphatic hydroxyl groups is 1. The molecule has 1 amide bonds. The number of hydrogen-bond acceptors (Lipinski definition) is 7. The number of amides is 1. The highest BCUT2D eigenvalue weighted by Gasteiger charge is 2.32. The summed E-state index contributed by atoms with van der Waals surface area (Å²) in [6.07, 6.45) is 2.65. The van der Waals surface area contributed by atoms with Crippen molar-refractivity contribution in [2.75, 3.05) is 23.3 Å². The molecule has 2 aromatic heterocycles. The summed E-state index contributed by atoms with van der Waals surface area (Å²) in [4.78, 5) is 23.2. The van der Waals surface area contributed by atoms with Gasteiger partial charge in [-0.15, -0.1) is 11.3 Å². The topological polar surface area (TPSA) is 104 Å². The molecule has 0 aliphatic carbocycles. The average Bonchev–Trinajstić information content (AvgIpc) is 3.22. The first-order chi connectivity index (χ1) is 14.4. The second-order valence-electron chi connectivity index (χ2n) is 7.40. The third-order valence-corrected chi connectivity index (χ3v) is 6.06. The first-order valence-corrected chi connectivity index (χ1v) is 10.5. The molecule has 3 heterocycles. The number of aliphatic hydroxyl groups excluding tert-OH is 1. The minimum atomic E-state index is -0.562. The molecule has 7 nitrogen and oxygen atoms in total. The number of carbonyl (C=O) groups is 1. The van der Waals surface area contributed by atoms with Crippen LogP contribution in [0.5, 0.6) is 0 Å².